The van der Waals surface area contributed by atoms with E-state index in [9.17, 15) is 9.59 Å². The van der Waals surface area contributed by atoms with Crippen molar-refractivity contribution >= 4 is 23.2 Å². The maximum Gasteiger partial charge on any atom is 0.332 e. The van der Waals surface area contributed by atoms with Gasteiger partial charge in [-0.25, -0.2) is 9.78 Å². The molecule has 0 aromatic carbocycles. The number of carbonyl (C=O) groups excluding carboxylic acids is 1. The van der Waals surface area contributed by atoms with Gasteiger partial charge in [-0.05, 0) is 39.3 Å². The van der Waals surface area contributed by atoms with E-state index in [4.69, 9.17) is 9.84 Å². The van der Waals surface area contributed by atoms with Gasteiger partial charge in [0.2, 0.25) is 0 Å². The molecule has 7 nitrogen and oxygen atoms in total. The molecule has 2 aromatic rings. The SMILES string of the molecule is Cc1ccc(-c2nc(C(=O)NCCC(OC(C)C)C(=O)O)c(C)s2)nc1. The second-order valence-corrected chi connectivity index (χ2v) is 7.40. The number of amides is 1. The smallest absolute Gasteiger partial charge is 0.332 e. The number of aliphatic carboxylic acids is 1. The van der Waals surface area contributed by atoms with Crippen molar-refractivity contribution < 1.29 is 19.4 Å². The van der Waals surface area contributed by atoms with Crippen LogP contribution in [-0.2, 0) is 9.53 Å². The highest BCUT2D eigenvalue weighted by Crippen LogP contribution is 2.26. The number of carboxylic acid groups (broad SMARTS) is 1. The number of aryl methyl sites for hydroxylation is 2. The summed E-state index contributed by atoms with van der Waals surface area (Å²) >= 11 is 1.40. The molecule has 0 bridgehead atoms. The van der Waals surface area contributed by atoms with Crippen molar-refractivity contribution in [2.24, 2.45) is 0 Å². The topological polar surface area (TPSA) is 101 Å². The summed E-state index contributed by atoms with van der Waals surface area (Å²) in [5.74, 6) is -1.36. The summed E-state index contributed by atoms with van der Waals surface area (Å²) in [6, 6.07) is 3.82. The summed E-state index contributed by atoms with van der Waals surface area (Å²) in [5.41, 5.74) is 2.11. The van der Waals surface area contributed by atoms with E-state index >= 15 is 0 Å². The molecule has 2 N–H and O–H groups in total. The lowest BCUT2D eigenvalue weighted by Gasteiger charge is -2.16. The number of nitrogens with one attached hydrogen (secondary N) is 1. The van der Waals surface area contributed by atoms with Crippen LogP contribution in [0.25, 0.3) is 10.7 Å². The summed E-state index contributed by atoms with van der Waals surface area (Å²) in [6.45, 7) is 7.52. The normalized spacial score (nSPS) is 12.2. The van der Waals surface area contributed by atoms with E-state index in [0.29, 0.717) is 10.7 Å². The molecule has 0 aliphatic heterocycles. The molecule has 1 amide bonds. The molecule has 1 unspecified atom stereocenters. The maximum atomic E-state index is 12.4. The first kappa shape index (κ1) is 20.0. The molecule has 8 heteroatoms. The van der Waals surface area contributed by atoms with Crippen LogP contribution in [0.1, 0.15) is 41.2 Å². The van der Waals surface area contributed by atoms with E-state index in [1.807, 2.05) is 26.0 Å². The summed E-state index contributed by atoms with van der Waals surface area (Å²) in [7, 11) is 0. The number of nitrogens with zero attached hydrogens (tertiary/aromatic N) is 2. The van der Waals surface area contributed by atoms with Gasteiger partial charge < -0.3 is 15.2 Å². The van der Waals surface area contributed by atoms with Crippen LogP contribution in [0.2, 0.25) is 0 Å². The second-order valence-electron chi connectivity index (χ2n) is 6.20. The number of thiazole rings is 1. The van der Waals surface area contributed by atoms with Crippen molar-refractivity contribution in [3.8, 4) is 10.7 Å². The lowest BCUT2D eigenvalue weighted by molar-refractivity contribution is -0.153. The lowest BCUT2D eigenvalue weighted by atomic mass is 10.2. The fourth-order valence-electron chi connectivity index (χ4n) is 2.29. The van der Waals surface area contributed by atoms with Crippen LogP contribution in [0.4, 0.5) is 0 Å². The molecule has 0 radical (unpaired) electrons. The minimum atomic E-state index is -1.04. The van der Waals surface area contributed by atoms with Crippen LogP contribution in [0.15, 0.2) is 18.3 Å². The van der Waals surface area contributed by atoms with Gasteiger partial charge in [0.1, 0.15) is 10.7 Å². The van der Waals surface area contributed by atoms with Crippen LogP contribution < -0.4 is 5.32 Å². The molecule has 26 heavy (non-hydrogen) atoms. The Hall–Kier alpha value is -2.32. The Morgan fingerprint density at radius 1 is 1.31 bits per heavy atom. The molecule has 2 aromatic heterocycles. The van der Waals surface area contributed by atoms with Gasteiger partial charge in [-0.15, -0.1) is 11.3 Å². The zero-order valence-electron chi connectivity index (χ0n) is 15.3. The summed E-state index contributed by atoms with van der Waals surface area (Å²) in [5, 5.41) is 12.5. The highest BCUT2D eigenvalue weighted by molar-refractivity contribution is 7.15. The van der Waals surface area contributed by atoms with Gasteiger partial charge in [-0.2, -0.15) is 0 Å². The van der Waals surface area contributed by atoms with Crippen molar-refractivity contribution in [2.45, 2.75) is 46.3 Å². The Kier molecular flexibility index (Phi) is 6.82. The maximum absolute atomic E-state index is 12.4. The number of hydrogen-bond donors (Lipinski definition) is 2. The second kappa shape index (κ2) is 8.86. The van der Waals surface area contributed by atoms with Crippen LogP contribution in [0, 0.1) is 13.8 Å². The van der Waals surface area contributed by atoms with Crippen molar-refractivity contribution in [2.75, 3.05) is 6.54 Å². The molecule has 2 heterocycles. The van der Waals surface area contributed by atoms with Gasteiger partial charge in [0.25, 0.3) is 5.91 Å². The summed E-state index contributed by atoms with van der Waals surface area (Å²) < 4.78 is 5.32. The average molecular weight is 377 g/mol. The van der Waals surface area contributed by atoms with E-state index in [2.05, 4.69) is 15.3 Å². The van der Waals surface area contributed by atoms with Crippen molar-refractivity contribution in [3.63, 3.8) is 0 Å². The molecule has 0 fully saturated rings. The number of hydrogen-bond acceptors (Lipinski definition) is 6. The summed E-state index contributed by atoms with van der Waals surface area (Å²) in [6.07, 6.45) is 0.804. The number of aromatic nitrogens is 2. The fraction of sp³-hybridized carbons (Fsp3) is 0.444. The van der Waals surface area contributed by atoms with Crippen LogP contribution in [0.5, 0.6) is 0 Å². The molecule has 0 saturated carbocycles. The Morgan fingerprint density at radius 3 is 2.62 bits per heavy atom. The molecular weight excluding hydrogens is 354 g/mol. The van der Waals surface area contributed by atoms with Gasteiger partial charge >= 0.3 is 5.97 Å². The van der Waals surface area contributed by atoms with Gasteiger partial charge in [-0.1, -0.05) is 6.07 Å². The van der Waals surface area contributed by atoms with Gasteiger partial charge in [-0.3, -0.25) is 9.78 Å². The minimum Gasteiger partial charge on any atom is -0.479 e. The fourth-order valence-corrected chi connectivity index (χ4v) is 3.18. The monoisotopic (exact) mass is 377 g/mol. The van der Waals surface area contributed by atoms with Gasteiger partial charge in [0.05, 0.1) is 11.8 Å². The molecule has 0 aliphatic rings. The summed E-state index contributed by atoms with van der Waals surface area (Å²) in [4.78, 5) is 33.0. The third kappa shape index (κ3) is 5.34. The first-order valence-corrected chi connectivity index (χ1v) is 9.16. The number of ether oxygens (including phenoxy) is 1. The molecule has 2 rings (SSSR count). The van der Waals surface area contributed by atoms with Crippen molar-refractivity contribution in [1.29, 1.82) is 0 Å². The molecule has 0 aliphatic carbocycles. The Labute approximate surface area is 156 Å². The van der Waals surface area contributed by atoms with E-state index in [1.165, 1.54) is 11.3 Å². The number of carbonyl (C=O) groups is 2. The van der Waals surface area contributed by atoms with Crippen molar-refractivity contribution in [1.82, 2.24) is 15.3 Å². The largest absolute Gasteiger partial charge is 0.479 e. The minimum absolute atomic E-state index is 0.189. The van der Waals surface area contributed by atoms with E-state index in [-0.39, 0.29) is 25.0 Å². The van der Waals surface area contributed by atoms with Gasteiger partial charge in [0, 0.05) is 24.0 Å². The molecule has 140 valence electrons. The van der Waals surface area contributed by atoms with Gasteiger partial charge in [0.15, 0.2) is 6.10 Å². The predicted octanol–water partition coefficient (Wildman–Crippen LogP) is 2.82. The Bertz CT molecular complexity index is 771. The third-order valence-corrected chi connectivity index (χ3v) is 4.54. The number of rotatable bonds is 8. The zero-order valence-corrected chi connectivity index (χ0v) is 16.1. The quantitative estimate of drug-likeness (QED) is 0.733. The number of carboxylic acids is 1. The van der Waals surface area contributed by atoms with Crippen LogP contribution >= 0.6 is 11.3 Å². The molecule has 1 atom stereocenters. The first-order valence-electron chi connectivity index (χ1n) is 8.35. The van der Waals surface area contributed by atoms with E-state index in [1.54, 1.807) is 20.0 Å². The Morgan fingerprint density at radius 2 is 2.04 bits per heavy atom. The molecule has 0 saturated heterocycles. The molecule has 0 spiro atoms. The third-order valence-electron chi connectivity index (χ3n) is 3.55. The Balaban J connectivity index is 1.99. The predicted molar refractivity (Wildman–Crippen MR) is 99.4 cm³/mol. The average Bonchev–Trinajstić information content (AvgIpc) is 2.96. The van der Waals surface area contributed by atoms with Crippen molar-refractivity contribution in [3.05, 3.63) is 34.5 Å². The first-order chi connectivity index (χ1) is 12.3. The number of pyridine rings is 1. The van der Waals surface area contributed by atoms with Crippen LogP contribution in [-0.4, -0.2) is 45.7 Å². The zero-order chi connectivity index (χ0) is 19.3. The van der Waals surface area contributed by atoms with E-state index < -0.39 is 12.1 Å². The van der Waals surface area contributed by atoms with E-state index in [0.717, 1.165) is 16.1 Å². The highest BCUT2D eigenvalue weighted by Gasteiger charge is 2.21. The lowest BCUT2D eigenvalue weighted by Crippen LogP contribution is -2.33. The standard InChI is InChI=1S/C18H23N3O4S/c1-10(2)25-14(18(23)24)7-8-19-16(22)15-12(4)26-17(21-15)13-6-5-11(3)9-20-13/h5-6,9-10,14H,7-8H2,1-4H3,(H,19,22)(H,23,24). The highest BCUT2D eigenvalue weighted by atomic mass is 32.1. The molecular formula is C18H23N3O4S. The van der Waals surface area contributed by atoms with Crippen LogP contribution in [0.3, 0.4) is 0 Å².